The van der Waals surface area contributed by atoms with Crippen molar-refractivity contribution in [3.63, 3.8) is 0 Å². The number of ether oxygens (including phenoxy) is 3. The first-order valence-electron chi connectivity index (χ1n) is 16.1. The van der Waals surface area contributed by atoms with E-state index in [2.05, 4.69) is 34.9 Å². The number of carbonyl (C=O) groups excluding carboxylic acids is 3. The number of carbonyl (C=O) groups is 3. The molecule has 0 atom stereocenters. The zero-order chi connectivity index (χ0) is 36.6. The number of benzene rings is 2. The smallest absolute Gasteiger partial charge is 0.425 e. The number of hydrogen-bond acceptors (Lipinski definition) is 10. The van der Waals surface area contributed by atoms with Gasteiger partial charge in [0.15, 0.2) is 5.82 Å². The number of nitrogen functional groups attached to an aromatic ring is 1. The van der Waals surface area contributed by atoms with Crippen LogP contribution in [0, 0.1) is 0 Å². The molecule has 13 heteroatoms. The fraction of sp³-hybridized carbons (Fsp3) is 0.417. The van der Waals surface area contributed by atoms with Crippen LogP contribution >= 0.6 is 0 Å². The maximum atomic E-state index is 12.8. The maximum absolute atomic E-state index is 12.8. The van der Waals surface area contributed by atoms with Gasteiger partial charge >= 0.3 is 18.3 Å². The number of aromatic nitrogens is 2. The molecule has 4 rings (SSSR count). The van der Waals surface area contributed by atoms with Gasteiger partial charge in [-0.15, -0.1) is 0 Å². The lowest BCUT2D eigenvalue weighted by Crippen LogP contribution is -2.44. The Morgan fingerprint density at radius 2 is 1.33 bits per heavy atom. The summed E-state index contributed by atoms with van der Waals surface area (Å²) in [5, 5.41) is 6.13. The Kier molecular flexibility index (Phi) is 12.7. The van der Waals surface area contributed by atoms with Gasteiger partial charge in [0, 0.05) is 44.3 Å². The summed E-state index contributed by atoms with van der Waals surface area (Å²) in [6.07, 6.45) is 1.14. The number of nitrogens with zero attached hydrogens (tertiary/aromatic N) is 3. The van der Waals surface area contributed by atoms with Gasteiger partial charge in [-0.1, -0.05) is 43.9 Å². The minimum absolute atomic E-state index is 0.152. The molecular formula is C36H50N6O6Si. The minimum Gasteiger partial charge on any atom is -0.450 e. The first-order chi connectivity index (χ1) is 22.8. The molecule has 0 fully saturated rings. The summed E-state index contributed by atoms with van der Waals surface area (Å²) in [6, 6.07) is 16.0. The largest absolute Gasteiger partial charge is 0.450 e. The maximum Gasteiger partial charge on any atom is 0.425 e. The van der Waals surface area contributed by atoms with Gasteiger partial charge in [-0.05, 0) is 93.8 Å². The molecule has 0 aliphatic heterocycles. The van der Waals surface area contributed by atoms with E-state index in [0.717, 1.165) is 38.2 Å². The normalized spacial score (nSPS) is 11.7. The highest BCUT2D eigenvalue weighted by Crippen LogP contribution is 2.28. The highest BCUT2D eigenvalue weighted by molar-refractivity contribution is 6.76. The van der Waals surface area contributed by atoms with E-state index in [0.29, 0.717) is 30.9 Å². The Hall–Kier alpha value is -4.75. The molecule has 4 aromatic rings. The van der Waals surface area contributed by atoms with E-state index < -0.39 is 31.5 Å². The number of imide groups is 1. The summed E-state index contributed by atoms with van der Waals surface area (Å²) in [5.74, 6) is 0.669. The van der Waals surface area contributed by atoms with E-state index in [-0.39, 0.29) is 11.9 Å². The van der Waals surface area contributed by atoms with Crippen molar-refractivity contribution in [2.24, 2.45) is 5.73 Å². The molecule has 0 spiro atoms. The van der Waals surface area contributed by atoms with Crippen LogP contribution in [0.5, 0.6) is 0 Å². The lowest BCUT2D eigenvalue weighted by atomic mass is 10.1. The predicted molar refractivity (Wildman–Crippen MR) is 197 cm³/mol. The third-order valence-electron chi connectivity index (χ3n) is 6.79. The third-order valence-corrected chi connectivity index (χ3v) is 8.49. The van der Waals surface area contributed by atoms with Gasteiger partial charge in [0.25, 0.3) is 0 Å². The molecule has 0 aliphatic rings. The number of nitrogens with two attached hydrogens (primary N) is 2. The van der Waals surface area contributed by atoms with Crippen molar-refractivity contribution < 1.29 is 28.6 Å². The monoisotopic (exact) mass is 690 g/mol. The third kappa shape index (κ3) is 12.3. The molecule has 49 heavy (non-hydrogen) atoms. The molecule has 0 aliphatic carbocycles. The molecule has 0 bridgehead atoms. The van der Waals surface area contributed by atoms with E-state index in [9.17, 15) is 14.4 Å². The SMILES string of the molecule is CC(C)(C)OC(=O)N(C(=O)OC(C)(C)C)c1nccc2cc(CN)ccc12.C[Si](C)(C)CCOC(=O)NCc1ccc2c(N)nccc2c1. The second-order valence-electron chi connectivity index (χ2n) is 14.7. The first kappa shape index (κ1) is 38.7. The molecular weight excluding hydrogens is 641 g/mol. The number of nitrogens with one attached hydrogen (secondary N) is 1. The molecule has 2 aromatic heterocycles. The highest BCUT2D eigenvalue weighted by atomic mass is 28.3. The quantitative estimate of drug-likeness (QED) is 0.129. The molecule has 3 amide bonds. The van der Waals surface area contributed by atoms with Gasteiger partial charge in [0.1, 0.15) is 17.0 Å². The van der Waals surface area contributed by atoms with Gasteiger partial charge < -0.3 is 31.0 Å². The van der Waals surface area contributed by atoms with Gasteiger partial charge in [-0.2, -0.15) is 4.90 Å². The van der Waals surface area contributed by atoms with Gasteiger partial charge in [-0.25, -0.2) is 24.4 Å². The van der Waals surface area contributed by atoms with Crippen molar-refractivity contribution in [3.8, 4) is 0 Å². The van der Waals surface area contributed by atoms with Gasteiger partial charge in [0.2, 0.25) is 0 Å². The van der Waals surface area contributed by atoms with Crippen molar-refractivity contribution in [1.29, 1.82) is 0 Å². The van der Waals surface area contributed by atoms with Crippen LogP contribution in [0.4, 0.5) is 26.0 Å². The fourth-order valence-electron chi connectivity index (χ4n) is 4.42. The standard InChI is InChI=1S/C20H27N3O4.C16H23N3O2Si/c1-19(2,3)26-17(24)23(18(25)27-20(4,5)6)16-15-8-7-13(12-21)11-14(15)9-10-22-16;1-22(2,3)9-8-21-16(20)19-11-12-4-5-14-13(10-12)6-7-18-15(14)17/h7-11H,12,21H2,1-6H3;4-7,10H,8-9,11H2,1-3H3,(H2,17,18)(H,19,20). The van der Waals surface area contributed by atoms with Crippen LogP contribution in [-0.4, -0.2) is 54.1 Å². The molecule has 264 valence electrons. The highest BCUT2D eigenvalue weighted by Gasteiger charge is 2.34. The topological polar surface area (TPSA) is 172 Å². The van der Waals surface area contributed by atoms with Crippen molar-refractivity contribution in [2.75, 3.05) is 17.2 Å². The number of fused-ring (bicyclic) bond motifs is 2. The van der Waals surface area contributed by atoms with Crippen molar-refractivity contribution in [2.45, 2.75) is 91.5 Å². The van der Waals surface area contributed by atoms with Crippen LogP contribution in [0.15, 0.2) is 60.9 Å². The number of anilines is 2. The van der Waals surface area contributed by atoms with Crippen LogP contribution < -0.4 is 21.7 Å². The van der Waals surface area contributed by atoms with Crippen LogP contribution in [0.1, 0.15) is 52.7 Å². The number of amides is 3. The Morgan fingerprint density at radius 1 is 0.796 bits per heavy atom. The average molecular weight is 691 g/mol. The summed E-state index contributed by atoms with van der Waals surface area (Å²) in [7, 11) is -1.17. The summed E-state index contributed by atoms with van der Waals surface area (Å²) in [4.78, 5) is 46.4. The molecule has 5 N–H and O–H groups in total. The van der Waals surface area contributed by atoms with Crippen molar-refractivity contribution in [3.05, 3.63) is 72.1 Å². The number of rotatable bonds is 7. The van der Waals surface area contributed by atoms with E-state index in [4.69, 9.17) is 25.7 Å². The summed E-state index contributed by atoms with van der Waals surface area (Å²) < 4.78 is 16.0. The second kappa shape index (κ2) is 16.1. The molecule has 0 saturated carbocycles. The van der Waals surface area contributed by atoms with Crippen molar-refractivity contribution in [1.82, 2.24) is 15.3 Å². The van der Waals surface area contributed by atoms with Crippen LogP contribution in [0.3, 0.4) is 0 Å². The number of alkyl carbamates (subject to hydrolysis) is 1. The van der Waals surface area contributed by atoms with Crippen LogP contribution in [-0.2, 0) is 27.3 Å². The van der Waals surface area contributed by atoms with Gasteiger partial charge in [0.05, 0.1) is 6.61 Å². The fourth-order valence-corrected chi connectivity index (χ4v) is 5.13. The van der Waals surface area contributed by atoms with E-state index >= 15 is 0 Å². The number of pyridine rings is 2. The van der Waals surface area contributed by atoms with E-state index in [1.54, 1.807) is 59.9 Å². The second-order valence-corrected chi connectivity index (χ2v) is 20.4. The van der Waals surface area contributed by atoms with Crippen molar-refractivity contribution >= 4 is 59.5 Å². The molecule has 12 nitrogen and oxygen atoms in total. The lowest BCUT2D eigenvalue weighted by Gasteiger charge is -2.28. The van der Waals surface area contributed by atoms with Crippen LogP contribution in [0.25, 0.3) is 21.5 Å². The Bertz CT molecular complexity index is 1750. The molecule has 0 unspecified atom stereocenters. The molecule has 0 radical (unpaired) electrons. The van der Waals surface area contributed by atoms with E-state index in [1.165, 1.54) is 6.20 Å². The molecule has 2 heterocycles. The Balaban J connectivity index is 0.000000271. The molecule has 0 saturated heterocycles. The zero-order valence-corrected chi connectivity index (χ0v) is 31.0. The van der Waals surface area contributed by atoms with E-state index in [1.807, 2.05) is 36.4 Å². The Morgan fingerprint density at radius 3 is 1.90 bits per heavy atom. The summed E-state index contributed by atoms with van der Waals surface area (Å²) in [6.45, 7) is 18.4. The van der Waals surface area contributed by atoms with Gasteiger partial charge in [-0.3, -0.25) is 0 Å². The Labute approximate surface area is 289 Å². The average Bonchev–Trinajstić information content (AvgIpc) is 2.98. The first-order valence-corrected chi connectivity index (χ1v) is 19.8. The minimum atomic E-state index is -1.17. The van der Waals surface area contributed by atoms with Crippen LogP contribution in [0.2, 0.25) is 25.7 Å². The summed E-state index contributed by atoms with van der Waals surface area (Å²) in [5.41, 5.74) is 11.9. The lowest BCUT2D eigenvalue weighted by molar-refractivity contribution is 0.0429. The number of hydrogen-bond donors (Lipinski definition) is 3. The molecule has 2 aromatic carbocycles. The zero-order valence-electron chi connectivity index (χ0n) is 30.0. The predicted octanol–water partition coefficient (Wildman–Crippen LogP) is 7.75. The summed E-state index contributed by atoms with van der Waals surface area (Å²) >= 11 is 0.